The molecule has 0 saturated heterocycles. The van der Waals surface area contributed by atoms with E-state index < -0.39 is 0 Å². The topological polar surface area (TPSA) is 24.9 Å². The quantitative estimate of drug-likeness (QED) is 0.693. The van der Waals surface area contributed by atoms with Crippen LogP contribution in [0, 0.1) is 5.41 Å². The van der Waals surface area contributed by atoms with Gasteiger partial charge < -0.3 is 5.32 Å². The molecule has 0 amide bonds. The van der Waals surface area contributed by atoms with E-state index in [1.165, 1.54) is 35.4 Å². The summed E-state index contributed by atoms with van der Waals surface area (Å²) in [5.74, 6) is 0. The molecule has 110 valence electrons. The zero-order valence-corrected chi connectivity index (χ0v) is 13.7. The molecule has 0 atom stereocenters. The molecule has 0 spiro atoms. The number of hydrogen-bond donors (Lipinski definition) is 1. The Balaban J connectivity index is 1.80. The number of hydrogen-bond acceptors (Lipinski definition) is 3. The molecule has 1 heterocycles. The van der Waals surface area contributed by atoms with Crippen LogP contribution in [-0.2, 0) is 6.54 Å². The van der Waals surface area contributed by atoms with Crippen molar-refractivity contribution in [2.75, 3.05) is 6.54 Å². The van der Waals surface area contributed by atoms with Crippen molar-refractivity contribution in [1.29, 1.82) is 0 Å². The van der Waals surface area contributed by atoms with Crippen molar-refractivity contribution in [2.24, 2.45) is 5.41 Å². The number of rotatable bonds is 8. The number of para-hydroxylation sites is 1. The van der Waals surface area contributed by atoms with Crippen LogP contribution in [0.5, 0.6) is 0 Å². The van der Waals surface area contributed by atoms with Gasteiger partial charge in [-0.2, -0.15) is 0 Å². The lowest BCUT2D eigenvalue weighted by atomic mass is 9.87. The Kier molecular flexibility index (Phi) is 5.55. The predicted octanol–water partition coefficient (Wildman–Crippen LogP) is 4.99. The monoisotopic (exact) mass is 290 g/mol. The van der Waals surface area contributed by atoms with Gasteiger partial charge in [0.1, 0.15) is 5.01 Å². The van der Waals surface area contributed by atoms with Gasteiger partial charge in [0.05, 0.1) is 10.2 Å². The molecule has 0 bridgehead atoms. The van der Waals surface area contributed by atoms with Crippen LogP contribution < -0.4 is 5.32 Å². The predicted molar refractivity (Wildman–Crippen MR) is 89.2 cm³/mol. The van der Waals surface area contributed by atoms with E-state index in [1.807, 2.05) is 0 Å². The largest absolute Gasteiger partial charge is 0.310 e. The lowest BCUT2D eigenvalue weighted by Gasteiger charge is -2.24. The molecule has 0 fully saturated rings. The Morgan fingerprint density at radius 2 is 2.00 bits per heavy atom. The molecule has 2 aromatic rings. The van der Waals surface area contributed by atoms with Crippen molar-refractivity contribution in [3.63, 3.8) is 0 Å². The Morgan fingerprint density at radius 1 is 1.20 bits per heavy atom. The molecule has 0 aliphatic heterocycles. The van der Waals surface area contributed by atoms with Crippen molar-refractivity contribution in [3.05, 3.63) is 29.3 Å². The van der Waals surface area contributed by atoms with Gasteiger partial charge in [-0.3, -0.25) is 0 Å². The highest BCUT2D eigenvalue weighted by Crippen LogP contribution is 2.24. The van der Waals surface area contributed by atoms with E-state index in [2.05, 4.69) is 55.3 Å². The lowest BCUT2D eigenvalue weighted by molar-refractivity contribution is 0.302. The minimum atomic E-state index is 0.381. The Bertz CT molecular complexity index is 498. The maximum atomic E-state index is 4.66. The summed E-state index contributed by atoms with van der Waals surface area (Å²) in [6, 6.07) is 8.36. The third kappa shape index (κ3) is 4.57. The molecule has 0 unspecified atom stereocenters. The molecular weight excluding hydrogens is 264 g/mol. The van der Waals surface area contributed by atoms with E-state index in [0.29, 0.717) is 5.41 Å². The summed E-state index contributed by atoms with van der Waals surface area (Å²) >= 11 is 1.80. The Hall–Kier alpha value is -0.930. The van der Waals surface area contributed by atoms with Crippen LogP contribution in [-0.4, -0.2) is 11.5 Å². The van der Waals surface area contributed by atoms with Crippen LogP contribution in [0.2, 0.25) is 0 Å². The summed E-state index contributed by atoms with van der Waals surface area (Å²) in [6.45, 7) is 8.92. The van der Waals surface area contributed by atoms with E-state index in [0.717, 1.165) is 18.6 Å². The second kappa shape index (κ2) is 7.19. The molecular formula is C17H26N2S. The van der Waals surface area contributed by atoms with Crippen LogP contribution >= 0.6 is 11.3 Å². The fraction of sp³-hybridized carbons (Fsp3) is 0.588. The van der Waals surface area contributed by atoms with E-state index in [-0.39, 0.29) is 0 Å². The van der Waals surface area contributed by atoms with Gasteiger partial charge >= 0.3 is 0 Å². The average molecular weight is 290 g/mol. The zero-order chi connectivity index (χ0) is 14.4. The minimum Gasteiger partial charge on any atom is -0.310 e. The van der Waals surface area contributed by atoms with Gasteiger partial charge in [0, 0.05) is 13.1 Å². The molecule has 0 aliphatic rings. The normalized spacial score (nSPS) is 12.2. The third-order valence-corrected chi connectivity index (χ3v) is 4.71. The van der Waals surface area contributed by atoms with Gasteiger partial charge in [0.15, 0.2) is 0 Å². The molecule has 1 aromatic carbocycles. The molecule has 3 heteroatoms. The molecule has 1 aromatic heterocycles. The van der Waals surface area contributed by atoms with Crippen molar-refractivity contribution in [3.8, 4) is 0 Å². The Morgan fingerprint density at radius 3 is 2.75 bits per heavy atom. The van der Waals surface area contributed by atoms with Gasteiger partial charge in [-0.25, -0.2) is 4.98 Å². The number of nitrogens with zero attached hydrogens (tertiary/aromatic N) is 1. The summed E-state index contributed by atoms with van der Waals surface area (Å²) in [4.78, 5) is 4.66. The van der Waals surface area contributed by atoms with Gasteiger partial charge in [-0.05, 0) is 24.0 Å². The van der Waals surface area contributed by atoms with E-state index in [1.54, 1.807) is 11.3 Å². The summed E-state index contributed by atoms with van der Waals surface area (Å²) in [6.07, 6.45) is 5.29. The maximum absolute atomic E-state index is 4.66. The maximum Gasteiger partial charge on any atom is 0.108 e. The van der Waals surface area contributed by atoms with Gasteiger partial charge in [-0.1, -0.05) is 52.2 Å². The number of nitrogens with one attached hydrogen (secondary N) is 1. The standard InChI is InChI=1S/C17H26N2S/c1-4-5-8-11-17(2,3)13-18-12-16-19-14-9-6-7-10-15(14)20-16/h6-7,9-10,18H,4-5,8,11-13H2,1-3H3. The van der Waals surface area contributed by atoms with Crippen molar-refractivity contribution < 1.29 is 0 Å². The summed E-state index contributed by atoms with van der Waals surface area (Å²) < 4.78 is 1.28. The molecule has 2 rings (SSSR count). The Labute approximate surface area is 126 Å². The van der Waals surface area contributed by atoms with Crippen molar-refractivity contribution in [2.45, 2.75) is 53.0 Å². The molecule has 1 N–H and O–H groups in total. The first kappa shape index (κ1) is 15.5. The zero-order valence-electron chi connectivity index (χ0n) is 12.9. The third-order valence-electron chi connectivity index (χ3n) is 3.68. The van der Waals surface area contributed by atoms with Crippen molar-refractivity contribution >= 4 is 21.6 Å². The van der Waals surface area contributed by atoms with Gasteiger partial charge in [-0.15, -0.1) is 11.3 Å². The lowest BCUT2D eigenvalue weighted by Crippen LogP contribution is -2.29. The van der Waals surface area contributed by atoms with E-state index in [9.17, 15) is 0 Å². The average Bonchev–Trinajstić information content (AvgIpc) is 2.81. The van der Waals surface area contributed by atoms with Gasteiger partial charge in [0.2, 0.25) is 0 Å². The number of aromatic nitrogens is 1. The summed E-state index contributed by atoms with van der Waals surface area (Å²) in [5.41, 5.74) is 1.50. The molecule has 0 radical (unpaired) electrons. The number of fused-ring (bicyclic) bond motifs is 1. The van der Waals surface area contributed by atoms with E-state index in [4.69, 9.17) is 0 Å². The number of benzene rings is 1. The second-order valence-corrected chi connectivity index (χ2v) is 7.42. The first-order valence-electron chi connectivity index (χ1n) is 7.66. The van der Waals surface area contributed by atoms with E-state index >= 15 is 0 Å². The van der Waals surface area contributed by atoms with Crippen LogP contribution in [0.3, 0.4) is 0 Å². The molecule has 20 heavy (non-hydrogen) atoms. The first-order chi connectivity index (χ1) is 9.61. The fourth-order valence-corrected chi connectivity index (χ4v) is 3.38. The first-order valence-corrected chi connectivity index (χ1v) is 8.47. The highest BCUT2D eigenvalue weighted by molar-refractivity contribution is 7.18. The smallest absolute Gasteiger partial charge is 0.108 e. The fourth-order valence-electron chi connectivity index (χ4n) is 2.45. The molecule has 2 nitrogen and oxygen atoms in total. The van der Waals surface area contributed by atoms with Gasteiger partial charge in [0.25, 0.3) is 0 Å². The molecule has 0 aliphatic carbocycles. The highest BCUT2D eigenvalue weighted by atomic mass is 32.1. The number of thiazole rings is 1. The second-order valence-electron chi connectivity index (χ2n) is 6.30. The summed E-state index contributed by atoms with van der Waals surface area (Å²) in [7, 11) is 0. The van der Waals surface area contributed by atoms with Crippen LogP contribution in [0.25, 0.3) is 10.2 Å². The highest BCUT2D eigenvalue weighted by Gasteiger charge is 2.16. The van der Waals surface area contributed by atoms with Crippen LogP contribution in [0.1, 0.15) is 51.5 Å². The summed E-state index contributed by atoms with van der Waals surface area (Å²) in [5, 5.41) is 4.77. The van der Waals surface area contributed by atoms with Crippen LogP contribution in [0.4, 0.5) is 0 Å². The minimum absolute atomic E-state index is 0.381. The van der Waals surface area contributed by atoms with Crippen LogP contribution in [0.15, 0.2) is 24.3 Å². The molecule has 0 saturated carbocycles. The number of unbranched alkanes of at least 4 members (excludes halogenated alkanes) is 2. The SMILES string of the molecule is CCCCCC(C)(C)CNCc1nc2ccccc2s1. The van der Waals surface area contributed by atoms with Crippen molar-refractivity contribution in [1.82, 2.24) is 10.3 Å².